The summed E-state index contributed by atoms with van der Waals surface area (Å²) in [6, 6.07) is 0.548. The van der Waals surface area contributed by atoms with Crippen LogP contribution in [-0.4, -0.2) is 59.9 Å². The van der Waals surface area contributed by atoms with Crippen molar-refractivity contribution in [2.24, 2.45) is 5.92 Å². The molecule has 0 atom stereocenters. The minimum atomic E-state index is -0.378. The van der Waals surface area contributed by atoms with Gasteiger partial charge in [0.2, 0.25) is 0 Å². The fourth-order valence-corrected chi connectivity index (χ4v) is 3.67. The normalized spacial score (nSPS) is 27.2. The second-order valence-electron chi connectivity index (χ2n) is 8.46. The highest BCUT2D eigenvalue weighted by molar-refractivity contribution is 5.73. The molecule has 2 fully saturated rings. The maximum absolute atomic E-state index is 12.1. The van der Waals surface area contributed by atoms with Gasteiger partial charge in [-0.2, -0.15) is 0 Å². The molecule has 0 spiro atoms. The van der Waals surface area contributed by atoms with Crippen molar-refractivity contribution in [3.8, 4) is 0 Å². The highest BCUT2D eigenvalue weighted by Crippen LogP contribution is 2.27. The van der Waals surface area contributed by atoms with Gasteiger partial charge in [-0.15, -0.1) is 0 Å². The first kappa shape index (κ1) is 19.7. The van der Waals surface area contributed by atoms with Crippen LogP contribution in [0.3, 0.4) is 0 Å². The number of piperidine rings is 1. The number of rotatable bonds is 6. The van der Waals surface area contributed by atoms with Crippen molar-refractivity contribution in [3.63, 3.8) is 0 Å². The van der Waals surface area contributed by atoms with Gasteiger partial charge in [0.25, 0.3) is 0 Å². The zero-order valence-corrected chi connectivity index (χ0v) is 15.7. The van der Waals surface area contributed by atoms with Gasteiger partial charge < -0.3 is 20.1 Å². The quantitative estimate of drug-likeness (QED) is 0.574. The van der Waals surface area contributed by atoms with E-state index in [9.17, 15) is 9.90 Å². The fraction of sp³-hybridized carbons (Fsp3) is 0.947. The Morgan fingerprint density at radius 3 is 2.33 bits per heavy atom. The summed E-state index contributed by atoms with van der Waals surface area (Å²) >= 11 is 0. The zero-order chi connectivity index (χ0) is 17.6. The molecule has 24 heavy (non-hydrogen) atoms. The van der Waals surface area contributed by atoms with E-state index in [0.717, 1.165) is 71.1 Å². The van der Waals surface area contributed by atoms with Crippen molar-refractivity contribution in [2.45, 2.75) is 83.5 Å². The maximum atomic E-state index is 12.1. The van der Waals surface area contributed by atoms with Crippen molar-refractivity contribution >= 4 is 5.97 Å². The molecule has 1 heterocycles. The third-order valence-electron chi connectivity index (χ3n) is 5.11. The van der Waals surface area contributed by atoms with Gasteiger partial charge in [-0.05, 0) is 78.8 Å². The molecule has 1 saturated carbocycles. The van der Waals surface area contributed by atoms with Crippen LogP contribution in [0.2, 0.25) is 0 Å². The lowest BCUT2D eigenvalue weighted by Crippen LogP contribution is -2.39. The molecule has 0 aromatic rings. The topological polar surface area (TPSA) is 61.8 Å². The number of ether oxygens (including phenoxy) is 1. The van der Waals surface area contributed by atoms with Crippen molar-refractivity contribution in [3.05, 3.63) is 0 Å². The van der Waals surface area contributed by atoms with E-state index in [4.69, 9.17) is 4.74 Å². The number of hydrogen-bond donors (Lipinski definition) is 2. The van der Waals surface area contributed by atoms with E-state index >= 15 is 0 Å². The van der Waals surface area contributed by atoms with Crippen LogP contribution in [-0.2, 0) is 9.53 Å². The molecule has 0 unspecified atom stereocenters. The first-order valence-electron chi connectivity index (χ1n) is 9.70. The molecule has 1 saturated heterocycles. The van der Waals surface area contributed by atoms with Crippen LogP contribution in [0.5, 0.6) is 0 Å². The molecule has 0 radical (unpaired) electrons. The van der Waals surface area contributed by atoms with Crippen LogP contribution in [0, 0.1) is 5.92 Å². The Kier molecular flexibility index (Phi) is 7.51. The molecule has 5 heteroatoms. The number of aliphatic hydroxyl groups excluding tert-OH is 1. The molecule has 1 aliphatic heterocycles. The van der Waals surface area contributed by atoms with E-state index in [1.54, 1.807) is 0 Å². The van der Waals surface area contributed by atoms with E-state index < -0.39 is 0 Å². The number of nitrogens with one attached hydrogen (secondary N) is 1. The molecule has 140 valence electrons. The first-order chi connectivity index (χ1) is 11.3. The number of carbonyl (C=O) groups excluding carboxylic acids is 1. The Balaban J connectivity index is 1.54. The third kappa shape index (κ3) is 7.08. The van der Waals surface area contributed by atoms with Crippen molar-refractivity contribution in [1.82, 2.24) is 10.2 Å². The summed E-state index contributed by atoms with van der Waals surface area (Å²) in [5, 5.41) is 13.2. The summed E-state index contributed by atoms with van der Waals surface area (Å²) in [4.78, 5) is 14.6. The smallest absolute Gasteiger partial charge is 0.309 e. The van der Waals surface area contributed by atoms with E-state index in [1.165, 1.54) is 0 Å². The lowest BCUT2D eigenvalue weighted by Gasteiger charge is -2.31. The SMILES string of the molecule is CC(C)(C)OC(=O)C1CCC(NCCCN2CCC(O)CC2)CC1. The molecule has 2 aliphatic rings. The molecule has 5 nitrogen and oxygen atoms in total. The van der Waals surface area contributed by atoms with Crippen molar-refractivity contribution < 1.29 is 14.6 Å². The van der Waals surface area contributed by atoms with Gasteiger partial charge in [0.15, 0.2) is 0 Å². The molecule has 0 aromatic carbocycles. The van der Waals surface area contributed by atoms with E-state index in [1.807, 2.05) is 20.8 Å². The lowest BCUT2D eigenvalue weighted by molar-refractivity contribution is -0.161. The van der Waals surface area contributed by atoms with Crippen molar-refractivity contribution in [2.75, 3.05) is 26.2 Å². The molecule has 2 rings (SSSR count). The van der Waals surface area contributed by atoms with Gasteiger partial charge >= 0.3 is 5.97 Å². The van der Waals surface area contributed by atoms with E-state index in [0.29, 0.717) is 6.04 Å². The summed E-state index contributed by atoms with van der Waals surface area (Å²) in [5.41, 5.74) is -0.378. The predicted molar refractivity (Wildman–Crippen MR) is 95.9 cm³/mol. The van der Waals surface area contributed by atoms with Gasteiger partial charge in [0.05, 0.1) is 12.0 Å². The number of likely N-dealkylation sites (tertiary alicyclic amines) is 1. The van der Waals surface area contributed by atoms with Crippen LogP contribution in [0.4, 0.5) is 0 Å². The van der Waals surface area contributed by atoms with Crippen LogP contribution in [0.15, 0.2) is 0 Å². The highest BCUT2D eigenvalue weighted by atomic mass is 16.6. The Bertz CT molecular complexity index is 379. The average Bonchev–Trinajstić information content (AvgIpc) is 2.52. The molecular weight excluding hydrogens is 304 g/mol. The van der Waals surface area contributed by atoms with Crippen LogP contribution in [0.1, 0.15) is 65.7 Å². The van der Waals surface area contributed by atoms with Gasteiger partial charge in [0, 0.05) is 19.1 Å². The predicted octanol–water partition coefficient (Wildman–Crippen LogP) is 2.32. The number of esters is 1. The first-order valence-corrected chi connectivity index (χ1v) is 9.70. The number of carbonyl (C=O) groups is 1. The van der Waals surface area contributed by atoms with Crippen molar-refractivity contribution in [1.29, 1.82) is 0 Å². The fourth-order valence-electron chi connectivity index (χ4n) is 3.67. The molecule has 0 amide bonds. The van der Waals surface area contributed by atoms with Gasteiger partial charge in [-0.3, -0.25) is 4.79 Å². The standard InChI is InChI=1S/C19H36N2O3/c1-19(2,3)24-18(23)15-5-7-16(8-6-15)20-11-4-12-21-13-9-17(22)10-14-21/h15-17,20,22H,4-14H2,1-3H3. The van der Waals surface area contributed by atoms with Crippen LogP contribution < -0.4 is 5.32 Å². The molecule has 0 bridgehead atoms. The Morgan fingerprint density at radius 1 is 1.12 bits per heavy atom. The summed E-state index contributed by atoms with van der Waals surface area (Å²) in [5.74, 6) is 0.0651. The monoisotopic (exact) mass is 340 g/mol. The Labute approximate surface area is 147 Å². The second kappa shape index (κ2) is 9.16. The Hall–Kier alpha value is -0.650. The van der Waals surface area contributed by atoms with Crippen LogP contribution >= 0.6 is 0 Å². The Morgan fingerprint density at radius 2 is 1.75 bits per heavy atom. The van der Waals surface area contributed by atoms with Gasteiger partial charge in [0.1, 0.15) is 5.60 Å². The third-order valence-corrected chi connectivity index (χ3v) is 5.11. The van der Waals surface area contributed by atoms with Crippen LogP contribution in [0.25, 0.3) is 0 Å². The lowest BCUT2D eigenvalue weighted by atomic mass is 9.86. The summed E-state index contributed by atoms with van der Waals surface area (Å²) in [6.45, 7) is 10.0. The summed E-state index contributed by atoms with van der Waals surface area (Å²) in [6.07, 6.45) is 6.93. The minimum absolute atomic E-state index is 0.0202. The van der Waals surface area contributed by atoms with E-state index in [2.05, 4.69) is 10.2 Å². The zero-order valence-electron chi connectivity index (χ0n) is 15.7. The minimum Gasteiger partial charge on any atom is -0.460 e. The van der Waals surface area contributed by atoms with Gasteiger partial charge in [-0.1, -0.05) is 0 Å². The maximum Gasteiger partial charge on any atom is 0.309 e. The number of hydrogen-bond acceptors (Lipinski definition) is 5. The molecular formula is C19H36N2O3. The molecule has 2 N–H and O–H groups in total. The molecule has 1 aliphatic carbocycles. The molecule has 0 aromatic heterocycles. The second-order valence-corrected chi connectivity index (χ2v) is 8.46. The number of nitrogens with zero attached hydrogens (tertiary/aromatic N) is 1. The van der Waals surface area contributed by atoms with E-state index in [-0.39, 0.29) is 23.6 Å². The average molecular weight is 341 g/mol. The van der Waals surface area contributed by atoms with Gasteiger partial charge in [-0.25, -0.2) is 0 Å². The number of aliphatic hydroxyl groups is 1. The summed E-state index contributed by atoms with van der Waals surface area (Å²) in [7, 11) is 0. The highest BCUT2D eigenvalue weighted by Gasteiger charge is 2.29. The summed E-state index contributed by atoms with van der Waals surface area (Å²) < 4.78 is 5.50. The largest absolute Gasteiger partial charge is 0.460 e.